The monoisotopic (exact) mass is 450 g/mol. The molecule has 0 bridgehead atoms. The van der Waals surface area contributed by atoms with Crippen LogP contribution in [0.2, 0.25) is 5.02 Å². The van der Waals surface area contributed by atoms with Gasteiger partial charge >= 0.3 is 0 Å². The molecule has 2 heterocycles. The van der Waals surface area contributed by atoms with Crippen molar-refractivity contribution < 1.29 is 9.59 Å². The van der Waals surface area contributed by atoms with E-state index in [2.05, 4.69) is 15.5 Å². The maximum atomic E-state index is 12.3. The molecule has 2 aliphatic heterocycles. The van der Waals surface area contributed by atoms with Gasteiger partial charge in [0.05, 0.1) is 6.54 Å². The second-order valence-electron chi connectivity index (χ2n) is 7.02. The van der Waals surface area contributed by atoms with E-state index in [0.717, 1.165) is 49.7 Å². The molecule has 2 N–H and O–H groups in total. The highest BCUT2D eigenvalue weighted by atomic mass is 35.5. The summed E-state index contributed by atoms with van der Waals surface area (Å²) < 4.78 is 0. The zero-order valence-corrected chi connectivity index (χ0v) is 18.3. The van der Waals surface area contributed by atoms with E-state index in [1.54, 1.807) is 0 Å². The number of carbonyl (C=O) groups is 2. The van der Waals surface area contributed by atoms with Crippen LogP contribution < -0.4 is 15.5 Å². The van der Waals surface area contributed by atoms with Gasteiger partial charge in [0.1, 0.15) is 0 Å². The maximum absolute atomic E-state index is 12.3. The molecule has 158 valence electrons. The first-order chi connectivity index (χ1) is 12.6. The van der Waals surface area contributed by atoms with E-state index in [-0.39, 0.29) is 43.2 Å². The SMILES string of the molecule is Cl.Cl.O=C(CCC1CCNC1)NCC(=O)N1CCN(c2cccc(Cl)c2)CC1. The van der Waals surface area contributed by atoms with Gasteiger partial charge in [-0.3, -0.25) is 9.59 Å². The van der Waals surface area contributed by atoms with E-state index < -0.39 is 0 Å². The van der Waals surface area contributed by atoms with E-state index in [4.69, 9.17) is 11.6 Å². The second-order valence-corrected chi connectivity index (χ2v) is 7.46. The lowest BCUT2D eigenvalue weighted by atomic mass is 10.0. The Bertz CT molecular complexity index is 633. The number of amides is 2. The molecule has 0 saturated carbocycles. The normalized spacial score (nSPS) is 18.8. The van der Waals surface area contributed by atoms with Crippen molar-refractivity contribution in [2.75, 3.05) is 50.7 Å². The van der Waals surface area contributed by atoms with Gasteiger partial charge in [0.15, 0.2) is 0 Å². The Balaban J connectivity index is 0.00000196. The largest absolute Gasteiger partial charge is 0.368 e. The van der Waals surface area contributed by atoms with Crippen LogP contribution in [0.3, 0.4) is 0 Å². The highest BCUT2D eigenvalue weighted by molar-refractivity contribution is 6.30. The van der Waals surface area contributed by atoms with Gasteiger partial charge < -0.3 is 20.4 Å². The van der Waals surface area contributed by atoms with Gasteiger partial charge in [-0.05, 0) is 50.0 Å². The number of halogens is 3. The van der Waals surface area contributed by atoms with Crippen LogP contribution in [0.1, 0.15) is 19.3 Å². The third kappa shape index (κ3) is 7.32. The summed E-state index contributed by atoms with van der Waals surface area (Å²) in [5.74, 6) is 0.561. The highest BCUT2D eigenvalue weighted by Gasteiger charge is 2.22. The first kappa shape index (κ1) is 24.8. The summed E-state index contributed by atoms with van der Waals surface area (Å²) in [7, 11) is 0. The molecule has 3 rings (SSSR count). The molecule has 1 atom stereocenters. The number of hydrogen-bond donors (Lipinski definition) is 2. The smallest absolute Gasteiger partial charge is 0.242 e. The molecule has 2 saturated heterocycles. The molecule has 28 heavy (non-hydrogen) atoms. The summed E-state index contributed by atoms with van der Waals surface area (Å²) in [6, 6.07) is 7.77. The van der Waals surface area contributed by atoms with Crippen molar-refractivity contribution in [2.24, 2.45) is 5.92 Å². The minimum absolute atomic E-state index is 0. The minimum atomic E-state index is -0.0252. The van der Waals surface area contributed by atoms with Crippen LogP contribution in [0.15, 0.2) is 24.3 Å². The van der Waals surface area contributed by atoms with Gasteiger partial charge in [-0.25, -0.2) is 0 Å². The number of hydrogen-bond acceptors (Lipinski definition) is 4. The molecule has 1 aromatic carbocycles. The van der Waals surface area contributed by atoms with Crippen LogP contribution in [0.4, 0.5) is 5.69 Å². The van der Waals surface area contributed by atoms with Gasteiger partial charge in [-0.2, -0.15) is 0 Å². The standard InChI is InChI=1S/C19H27ClN4O2.2ClH/c20-16-2-1-3-17(12-16)23-8-10-24(11-9-23)19(26)14-22-18(25)5-4-15-6-7-21-13-15;;/h1-3,12,15,21H,4-11,13-14H2,(H,22,25);2*1H. The topological polar surface area (TPSA) is 64.7 Å². The summed E-state index contributed by atoms with van der Waals surface area (Å²) in [6.45, 7) is 5.02. The quantitative estimate of drug-likeness (QED) is 0.697. The first-order valence-corrected chi connectivity index (χ1v) is 9.75. The number of nitrogens with one attached hydrogen (secondary N) is 2. The summed E-state index contributed by atoms with van der Waals surface area (Å²) in [5, 5.41) is 6.80. The molecule has 2 aliphatic rings. The third-order valence-electron chi connectivity index (χ3n) is 5.18. The van der Waals surface area contributed by atoms with Crippen LogP contribution in [-0.2, 0) is 9.59 Å². The van der Waals surface area contributed by atoms with Gasteiger partial charge in [-0.1, -0.05) is 17.7 Å². The van der Waals surface area contributed by atoms with Crippen molar-refractivity contribution in [1.29, 1.82) is 0 Å². The number of carbonyl (C=O) groups excluding carboxylic acids is 2. The molecule has 0 spiro atoms. The number of benzene rings is 1. The molecule has 0 aliphatic carbocycles. The Labute approximate surface area is 184 Å². The van der Waals surface area contributed by atoms with Gasteiger partial charge in [0.25, 0.3) is 0 Å². The molecule has 0 aromatic heterocycles. The van der Waals surface area contributed by atoms with Crippen LogP contribution in [0, 0.1) is 5.92 Å². The lowest BCUT2D eigenvalue weighted by Gasteiger charge is -2.36. The predicted molar refractivity (Wildman–Crippen MR) is 118 cm³/mol. The highest BCUT2D eigenvalue weighted by Crippen LogP contribution is 2.20. The van der Waals surface area contributed by atoms with Crippen LogP contribution in [0.25, 0.3) is 0 Å². The van der Waals surface area contributed by atoms with Crippen molar-refractivity contribution in [3.63, 3.8) is 0 Å². The molecule has 1 aromatic rings. The van der Waals surface area contributed by atoms with Gasteiger partial charge in [0.2, 0.25) is 11.8 Å². The lowest BCUT2D eigenvalue weighted by molar-refractivity contribution is -0.133. The number of piperazine rings is 1. The maximum Gasteiger partial charge on any atom is 0.242 e. The average Bonchev–Trinajstić information content (AvgIpc) is 3.18. The molecule has 0 radical (unpaired) electrons. The molecule has 6 nitrogen and oxygen atoms in total. The average molecular weight is 452 g/mol. The Kier molecular flexibility index (Phi) is 11.0. The molecule has 9 heteroatoms. The molecular weight excluding hydrogens is 423 g/mol. The van der Waals surface area contributed by atoms with Crippen molar-refractivity contribution in [3.8, 4) is 0 Å². The fraction of sp³-hybridized carbons (Fsp3) is 0.579. The Morgan fingerprint density at radius 3 is 2.57 bits per heavy atom. The minimum Gasteiger partial charge on any atom is -0.368 e. The number of anilines is 1. The van der Waals surface area contributed by atoms with Crippen LogP contribution >= 0.6 is 36.4 Å². The van der Waals surface area contributed by atoms with Crippen molar-refractivity contribution >= 4 is 53.9 Å². The summed E-state index contributed by atoms with van der Waals surface area (Å²) in [5.41, 5.74) is 1.08. The Morgan fingerprint density at radius 1 is 1.18 bits per heavy atom. The van der Waals surface area contributed by atoms with Crippen molar-refractivity contribution in [1.82, 2.24) is 15.5 Å². The third-order valence-corrected chi connectivity index (χ3v) is 5.42. The second kappa shape index (κ2) is 12.4. The molecule has 2 amide bonds. The summed E-state index contributed by atoms with van der Waals surface area (Å²) in [6.07, 6.45) is 2.54. The van der Waals surface area contributed by atoms with E-state index in [1.807, 2.05) is 29.2 Å². The Hall–Kier alpha value is -1.21. The van der Waals surface area contributed by atoms with E-state index in [1.165, 1.54) is 0 Å². The zero-order chi connectivity index (χ0) is 18.4. The molecule has 1 unspecified atom stereocenters. The lowest BCUT2D eigenvalue weighted by Crippen LogP contribution is -2.51. The van der Waals surface area contributed by atoms with Crippen LogP contribution in [0.5, 0.6) is 0 Å². The fourth-order valence-electron chi connectivity index (χ4n) is 3.56. The number of nitrogens with zero attached hydrogens (tertiary/aromatic N) is 2. The number of rotatable bonds is 6. The van der Waals surface area contributed by atoms with E-state index in [0.29, 0.717) is 25.4 Å². The summed E-state index contributed by atoms with van der Waals surface area (Å²) in [4.78, 5) is 28.3. The van der Waals surface area contributed by atoms with Crippen molar-refractivity contribution in [2.45, 2.75) is 19.3 Å². The van der Waals surface area contributed by atoms with Crippen LogP contribution in [-0.4, -0.2) is 62.5 Å². The molecular formula is C19H29Cl3N4O2. The van der Waals surface area contributed by atoms with Gasteiger partial charge in [0, 0.05) is 43.3 Å². The van der Waals surface area contributed by atoms with E-state index in [9.17, 15) is 9.59 Å². The molecule has 2 fully saturated rings. The Morgan fingerprint density at radius 2 is 1.93 bits per heavy atom. The van der Waals surface area contributed by atoms with E-state index >= 15 is 0 Å². The predicted octanol–water partition coefficient (Wildman–Crippen LogP) is 2.34. The van der Waals surface area contributed by atoms with Gasteiger partial charge in [-0.15, -0.1) is 24.8 Å². The first-order valence-electron chi connectivity index (χ1n) is 9.37. The fourth-order valence-corrected chi connectivity index (χ4v) is 3.74. The van der Waals surface area contributed by atoms with Crippen molar-refractivity contribution in [3.05, 3.63) is 29.3 Å². The zero-order valence-electron chi connectivity index (χ0n) is 15.9. The summed E-state index contributed by atoms with van der Waals surface area (Å²) >= 11 is 6.05.